The molecule has 4 aromatic rings. The number of piperazine rings is 1. The molecule has 1 saturated heterocycles. The smallest absolute Gasteiger partial charge is 0.410 e. The average molecular weight is 546 g/mol. The number of amides is 1. The van der Waals surface area contributed by atoms with Crippen LogP contribution in [0.2, 0.25) is 5.02 Å². The molecule has 1 amide bonds. The minimum absolute atomic E-state index is 0.308. The van der Waals surface area contributed by atoms with Gasteiger partial charge in [0, 0.05) is 53.2 Å². The normalized spacial score (nSPS) is 15.1. The first-order valence-electron chi connectivity index (χ1n) is 11.7. The van der Waals surface area contributed by atoms with Crippen LogP contribution in [0.4, 0.5) is 10.5 Å². The Morgan fingerprint density at radius 1 is 1.03 bits per heavy atom. The highest BCUT2D eigenvalue weighted by Crippen LogP contribution is 2.38. The molecular formula is C26H28ClN3O4S2. The van der Waals surface area contributed by atoms with Gasteiger partial charge in [-0.2, -0.15) is 8.42 Å². The van der Waals surface area contributed by atoms with Gasteiger partial charge in [0.15, 0.2) is 0 Å². The van der Waals surface area contributed by atoms with Crippen LogP contribution in [0.15, 0.2) is 52.9 Å². The first kappa shape index (κ1) is 24.9. The zero-order chi connectivity index (χ0) is 25.8. The maximum atomic E-state index is 13.8. The van der Waals surface area contributed by atoms with E-state index < -0.39 is 15.6 Å². The van der Waals surface area contributed by atoms with E-state index in [1.165, 1.54) is 15.3 Å². The number of hydrogen-bond donors (Lipinski definition) is 0. The van der Waals surface area contributed by atoms with Crippen molar-refractivity contribution in [1.29, 1.82) is 0 Å². The van der Waals surface area contributed by atoms with Gasteiger partial charge >= 0.3 is 6.09 Å². The van der Waals surface area contributed by atoms with Crippen molar-refractivity contribution in [2.75, 3.05) is 31.1 Å². The quantitative estimate of drug-likeness (QED) is 0.310. The highest BCUT2D eigenvalue weighted by atomic mass is 35.5. The van der Waals surface area contributed by atoms with Crippen LogP contribution >= 0.6 is 22.9 Å². The van der Waals surface area contributed by atoms with Crippen LogP contribution in [0.25, 0.3) is 21.0 Å². The van der Waals surface area contributed by atoms with Crippen LogP contribution in [0.5, 0.6) is 0 Å². The fourth-order valence-electron chi connectivity index (χ4n) is 4.57. The van der Waals surface area contributed by atoms with Crippen LogP contribution in [0, 0.1) is 6.92 Å². The highest BCUT2D eigenvalue weighted by molar-refractivity contribution is 7.92. The van der Waals surface area contributed by atoms with Gasteiger partial charge in [-0.25, -0.2) is 8.77 Å². The molecule has 0 bridgehead atoms. The molecular weight excluding hydrogens is 518 g/mol. The van der Waals surface area contributed by atoms with Crippen molar-refractivity contribution in [1.82, 2.24) is 8.87 Å². The zero-order valence-electron chi connectivity index (χ0n) is 20.6. The molecule has 5 rings (SSSR count). The molecule has 2 aromatic heterocycles. The molecule has 0 radical (unpaired) electrons. The largest absolute Gasteiger partial charge is 0.444 e. The number of carbonyl (C=O) groups is 1. The highest BCUT2D eigenvalue weighted by Gasteiger charge is 2.28. The molecule has 1 fully saturated rings. The summed E-state index contributed by atoms with van der Waals surface area (Å²) in [4.78, 5) is 16.3. The van der Waals surface area contributed by atoms with Crippen molar-refractivity contribution in [2.45, 2.75) is 37.5 Å². The van der Waals surface area contributed by atoms with Gasteiger partial charge in [-0.1, -0.05) is 17.7 Å². The number of halogens is 1. The van der Waals surface area contributed by atoms with E-state index in [0.29, 0.717) is 46.5 Å². The lowest BCUT2D eigenvalue weighted by atomic mass is 10.1. The summed E-state index contributed by atoms with van der Waals surface area (Å²) in [6, 6.07) is 13.0. The number of carbonyl (C=O) groups excluding carboxylic acids is 1. The van der Waals surface area contributed by atoms with Crippen molar-refractivity contribution >= 4 is 65.7 Å². The average Bonchev–Trinajstić information content (AvgIpc) is 3.40. The lowest BCUT2D eigenvalue weighted by Crippen LogP contribution is -2.50. The molecule has 0 aliphatic carbocycles. The molecule has 0 saturated carbocycles. The number of fused-ring (bicyclic) bond motifs is 2. The minimum atomic E-state index is -3.81. The van der Waals surface area contributed by atoms with Crippen LogP contribution in [-0.2, 0) is 14.8 Å². The predicted molar refractivity (Wildman–Crippen MR) is 146 cm³/mol. The predicted octanol–water partition coefficient (Wildman–Crippen LogP) is 6.11. The maximum Gasteiger partial charge on any atom is 0.410 e. The van der Waals surface area contributed by atoms with E-state index in [2.05, 4.69) is 4.90 Å². The Morgan fingerprint density at radius 2 is 1.75 bits per heavy atom. The number of hydrogen-bond acceptors (Lipinski definition) is 6. The fourth-order valence-corrected chi connectivity index (χ4v) is 7.91. The third-order valence-corrected chi connectivity index (χ3v) is 10.1. The number of ether oxygens (including phenoxy) is 1. The number of aryl methyl sites for hydroxylation is 1. The summed E-state index contributed by atoms with van der Waals surface area (Å²) in [6.07, 6.45) is 1.31. The summed E-state index contributed by atoms with van der Waals surface area (Å²) in [5.74, 6) is 0. The Labute approximate surface area is 219 Å². The number of aromatic nitrogens is 1. The van der Waals surface area contributed by atoms with Gasteiger partial charge in [0.1, 0.15) is 9.81 Å². The number of rotatable bonds is 3. The second-order valence-electron chi connectivity index (χ2n) is 9.94. The van der Waals surface area contributed by atoms with Crippen molar-refractivity contribution in [2.24, 2.45) is 0 Å². The topological polar surface area (TPSA) is 71.9 Å². The Morgan fingerprint density at radius 3 is 2.44 bits per heavy atom. The zero-order valence-corrected chi connectivity index (χ0v) is 23.0. The second kappa shape index (κ2) is 8.97. The summed E-state index contributed by atoms with van der Waals surface area (Å²) in [7, 11) is -3.81. The third-order valence-electron chi connectivity index (χ3n) is 6.29. The van der Waals surface area contributed by atoms with Crippen LogP contribution in [0.3, 0.4) is 0 Å². The van der Waals surface area contributed by atoms with Crippen LogP contribution in [-0.4, -0.2) is 55.2 Å². The lowest BCUT2D eigenvalue weighted by Gasteiger charge is -2.37. The lowest BCUT2D eigenvalue weighted by molar-refractivity contribution is 0.0240. The summed E-state index contributed by atoms with van der Waals surface area (Å²) in [6.45, 7) is 9.73. The van der Waals surface area contributed by atoms with E-state index in [0.717, 1.165) is 21.2 Å². The number of nitrogens with zero attached hydrogens (tertiary/aromatic N) is 3. The van der Waals surface area contributed by atoms with Gasteiger partial charge in [-0.05, 0) is 75.0 Å². The number of thiophene rings is 1. The molecule has 1 aliphatic rings. The summed E-state index contributed by atoms with van der Waals surface area (Å²) < 4.78 is 35.6. The van der Waals surface area contributed by atoms with Gasteiger partial charge < -0.3 is 14.5 Å². The number of anilines is 1. The van der Waals surface area contributed by atoms with E-state index in [9.17, 15) is 13.2 Å². The first-order chi connectivity index (χ1) is 17.0. The molecule has 0 N–H and O–H groups in total. The molecule has 0 spiro atoms. The van der Waals surface area contributed by atoms with Gasteiger partial charge in [0.2, 0.25) is 0 Å². The Bertz CT molecular complexity index is 1580. The number of benzene rings is 2. The summed E-state index contributed by atoms with van der Waals surface area (Å²) in [5, 5.41) is 2.29. The van der Waals surface area contributed by atoms with E-state index in [4.69, 9.17) is 16.3 Å². The van der Waals surface area contributed by atoms with Gasteiger partial charge in [0.05, 0.1) is 5.52 Å². The Kier molecular flexibility index (Phi) is 6.21. The van der Waals surface area contributed by atoms with Crippen LogP contribution < -0.4 is 4.90 Å². The van der Waals surface area contributed by atoms with E-state index in [1.807, 2.05) is 64.1 Å². The molecule has 0 unspecified atom stereocenters. The third kappa shape index (κ3) is 4.44. The van der Waals surface area contributed by atoms with Crippen LogP contribution in [0.1, 0.15) is 26.3 Å². The molecule has 2 aromatic carbocycles. The minimum Gasteiger partial charge on any atom is -0.444 e. The molecule has 1 aliphatic heterocycles. The second-order valence-corrected chi connectivity index (χ2v) is 13.4. The van der Waals surface area contributed by atoms with E-state index >= 15 is 0 Å². The molecule has 7 nitrogen and oxygen atoms in total. The monoisotopic (exact) mass is 545 g/mol. The SMILES string of the molecule is Cc1c(S(=O)(=O)n2ccc3c(N4CCN(C(=O)OC(C)(C)C)CC4)cccc32)sc2ccc(Cl)cc12. The van der Waals surface area contributed by atoms with Crippen molar-refractivity contribution < 1.29 is 17.9 Å². The molecule has 10 heteroatoms. The van der Waals surface area contributed by atoms with E-state index in [1.54, 1.807) is 17.2 Å². The van der Waals surface area contributed by atoms with Crippen molar-refractivity contribution in [3.63, 3.8) is 0 Å². The van der Waals surface area contributed by atoms with Gasteiger partial charge in [0.25, 0.3) is 10.0 Å². The molecule has 3 heterocycles. The molecule has 190 valence electrons. The Balaban J connectivity index is 1.45. The maximum absolute atomic E-state index is 13.8. The summed E-state index contributed by atoms with van der Waals surface area (Å²) >= 11 is 7.41. The Hall–Kier alpha value is -2.75. The summed E-state index contributed by atoms with van der Waals surface area (Å²) in [5.41, 5.74) is 1.74. The van der Waals surface area contributed by atoms with Crippen molar-refractivity contribution in [3.05, 3.63) is 59.2 Å². The standard InChI is InChI=1S/C26H28ClN3O4S2/c1-17-20-16-18(27)8-9-23(20)35-24(17)36(32,33)30-11-10-19-21(6-5-7-22(19)30)28-12-14-29(15-13-28)25(31)34-26(2,3)4/h5-11,16H,12-15H2,1-4H3. The first-order valence-corrected chi connectivity index (χ1v) is 14.4. The van der Waals surface area contributed by atoms with Crippen molar-refractivity contribution in [3.8, 4) is 0 Å². The van der Waals surface area contributed by atoms with E-state index in [-0.39, 0.29) is 6.09 Å². The molecule has 0 atom stereocenters. The van der Waals surface area contributed by atoms with Gasteiger partial charge in [-0.15, -0.1) is 11.3 Å². The van der Waals surface area contributed by atoms with Gasteiger partial charge in [-0.3, -0.25) is 0 Å². The molecule has 36 heavy (non-hydrogen) atoms. The fraction of sp³-hybridized carbons (Fsp3) is 0.346.